The maximum atomic E-state index is 13.1. The number of hydrogen-bond acceptors (Lipinski definition) is 2. The monoisotopic (exact) mass is 230 g/mol. The molecule has 4 heteroatoms. The van der Waals surface area contributed by atoms with Gasteiger partial charge in [-0.2, -0.15) is 0 Å². The van der Waals surface area contributed by atoms with Crippen LogP contribution in [0.5, 0.6) is 0 Å². The van der Waals surface area contributed by atoms with Crippen molar-refractivity contribution in [1.29, 1.82) is 0 Å². The molecular weight excluding hydrogens is 218 g/mol. The second-order valence-electron chi connectivity index (χ2n) is 3.15. The SMILES string of the molecule is CCCC(=O)CSc1cc(F)ccc1F. The summed E-state index contributed by atoms with van der Waals surface area (Å²) in [6.07, 6.45) is 1.27. The molecule has 0 amide bonds. The van der Waals surface area contributed by atoms with Crippen LogP contribution < -0.4 is 0 Å². The largest absolute Gasteiger partial charge is 0.299 e. The maximum absolute atomic E-state index is 13.1. The molecule has 0 heterocycles. The standard InChI is InChI=1S/C11H12F2OS/c1-2-3-9(14)7-15-11-6-8(12)4-5-10(11)13/h4-6H,2-3,7H2,1H3. The van der Waals surface area contributed by atoms with Gasteiger partial charge in [-0.3, -0.25) is 4.79 Å². The molecule has 0 aliphatic rings. The highest BCUT2D eigenvalue weighted by Crippen LogP contribution is 2.22. The number of rotatable bonds is 5. The second-order valence-corrected chi connectivity index (χ2v) is 4.17. The summed E-state index contributed by atoms with van der Waals surface area (Å²) in [7, 11) is 0. The second kappa shape index (κ2) is 5.85. The fourth-order valence-corrected chi connectivity index (χ4v) is 1.96. The van der Waals surface area contributed by atoms with Crippen LogP contribution in [0.25, 0.3) is 0 Å². The van der Waals surface area contributed by atoms with E-state index in [2.05, 4.69) is 0 Å². The van der Waals surface area contributed by atoms with E-state index in [0.29, 0.717) is 6.42 Å². The summed E-state index contributed by atoms with van der Waals surface area (Å²) in [5.41, 5.74) is 0. The van der Waals surface area contributed by atoms with Gasteiger partial charge in [0.1, 0.15) is 17.4 Å². The number of carbonyl (C=O) groups is 1. The molecule has 0 N–H and O–H groups in total. The van der Waals surface area contributed by atoms with Crippen molar-refractivity contribution >= 4 is 17.5 Å². The molecule has 0 aliphatic carbocycles. The first-order chi connectivity index (χ1) is 7.13. The lowest BCUT2D eigenvalue weighted by Gasteiger charge is -2.02. The van der Waals surface area contributed by atoms with Gasteiger partial charge >= 0.3 is 0 Å². The molecule has 1 rings (SSSR count). The summed E-state index contributed by atoms with van der Waals surface area (Å²) < 4.78 is 25.9. The van der Waals surface area contributed by atoms with Crippen LogP contribution >= 0.6 is 11.8 Å². The zero-order valence-electron chi connectivity index (χ0n) is 8.43. The number of benzene rings is 1. The van der Waals surface area contributed by atoms with Gasteiger partial charge in [0.15, 0.2) is 0 Å². The Morgan fingerprint density at radius 3 is 2.80 bits per heavy atom. The molecule has 1 nitrogen and oxygen atoms in total. The highest BCUT2D eigenvalue weighted by molar-refractivity contribution is 8.00. The van der Waals surface area contributed by atoms with Crippen LogP contribution in [-0.2, 0) is 4.79 Å². The Labute approximate surface area is 91.9 Å². The van der Waals surface area contributed by atoms with Gasteiger partial charge in [0.05, 0.1) is 5.75 Å². The molecule has 1 aromatic rings. The predicted molar refractivity (Wildman–Crippen MR) is 57.0 cm³/mol. The minimum atomic E-state index is -0.484. The van der Waals surface area contributed by atoms with E-state index in [4.69, 9.17) is 0 Å². The average Bonchev–Trinajstić information content (AvgIpc) is 2.20. The number of thioether (sulfide) groups is 1. The molecular formula is C11H12F2OS. The lowest BCUT2D eigenvalue weighted by atomic mass is 10.3. The number of Topliss-reactive ketones (excluding diaryl/α,β-unsaturated/α-hetero) is 1. The highest BCUT2D eigenvalue weighted by Gasteiger charge is 2.07. The van der Waals surface area contributed by atoms with Crippen molar-refractivity contribution < 1.29 is 13.6 Å². The molecule has 0 fully saturated rings. The molecule has 0 aliphatic heterocycles. The summed E-state index contributed by atoms with van der Waals surface area (Å²) in [6, 6.07) is 3.24. The van der Waals surface area contributed by atoms with E-state index in [0.717, 1.165) is 36.4 Å². The van der Waals surface area contributed by atoms with E-state index in [-0.39, 0.29) is 16.4 Å². The van der Waals surface area contributed by atoms with E-state index in [1.54, 1.807) is 0 Å². The van der Waals surface area contributed by atoms with Gasteiger partial charge in [-0.1, -0.05) is 6.92 Å². The Hall–Kier alpha value is -0.900. The molecule has 15 heavy (non-hydrogen) atoms. The summed E-state index contributed by atoms with van der Waals surface area (Å²) in [5.74, 6) is -0.701. The number of ketones is 1. The first kappa shape index (κ1) is 12.2. The highest BCUT2D eigenvalue weighted by atomic mass is 32.2. The zero-order chi connectivity index (χ0) is 11.3. The third kappa shape index (κ3) is 4.00. The summed E-state index contributed by atoms with van der Waals surface area (Å²) >= 11 is 1.04. The predicted octanol–water partition coefficient (Wildman–Crippen LogP) is 3.43. The van der Waals surface area contributed by atoms with Crippen LogP contribution in [-0.4, -0.2) is 11.5 Å². The fourth-order valence-electron chi connectivity index (χ4n) is 1.10. The normalized spacial score (nSPS) is 10.3. The van der Waals surface area contributed by atoms with E-state index in [9.17, 15) is 13.6 Å². The van der Waals surface area contributed by atoms with Crippen LogP contribution in [0.3, 0.4) is 0 Å². The number of halogens is 2. The Morgan fingerprint density at radius 1 is 1.40 bits per heavy atom. The average molecular weight is 230 g/mol. The maximum Gasteiger partial charge on any atom is 0.143 e. The molecule has 0 unspecified atom stereocenters. The third-order valence-corrected chi connectivity index (χ3v) is 2.90. The molecule has 0 saturated heterocycles. The van der Waals surface area contributed by atoms with Crippen molar-refractivity contribution in [1.82, 2.24) is 0 Å². The van der Waals surface area contributed by atoms with Crippen molar-refractivity contribution in [2.75, 3.05) is 5.75 Å². The van der Waals surface area contributed by atoms with Gasteiger partial charge in [-0.25, -0.2) is 8.78 Å². The van der Waals surface area contributed by atoms with Crippen molar-refractivity contribution in [2.45, 2.75) is 24.7 Å². The lowest BCUT2D eigenvalue weighted by Crippen LogP contribution is -2.00. The summed E-state index contributed by atoms with van der Waals surface area (Å²) in [5, 5.41) is 0. The van der Waals surface area contributed by atoms with Crippen molar-refractivity contribution in [3.63, 3.8) is 0 Å². The topological polar surface area (TPSA) is 17.1 Å². The van der Waals surface area contributed by atoms with Crippen LogP contribution in [0.4, 0.5) is 8.78 Å². The molecule has 0 atom stereocenters. The van der Waals surface area contributed by atoms with Gasteiger partial charge in [0.2, 0.25) is 0 Å². The molecule has 0 saturated carbocycles. The summed E-state index contributed by atoms with van der Waals surface area (Å²) in [4.78, 5) is 11.4. The Morgan fingerprint density at radius 2 is 2.13 bits per heavy atom. The van der Waals surface area contributed by atoms with Crippen molar-refractivity contribution in [3.05, 3.63) is 29.8 Å². The van der Waals surface area contributed by atoms with Gasteiger partial charge in [0.25, 0.3) is 0 Å². The number of carbonyl (C=O) groups excluding carboxylic acids is 1. The van der Waals surface area contributed by atoms with E-state index < -0.39 is 11.6 Å². The van der Waals surface area contributed by atoms with E-state index >= 15 is 0 Å². The van der Waals surface area contributed by atoms with Crippen LogP contribution in [0, 0.1) is 11.6 Å². The Bertz CT molecular complexity index is 352. The summed E-state index contributed by atoms with van der Waals surface area (Å²) in [6.45, 7) is 1.91. The van der Waals surface area contributed by atoms with Crippen LogP contribution in [0.1, 0.15) is 19.8 Å². The smallest absolute Gasteiger partial charge is 0.143 e. The minimum Gasteiger partial charge on any atom is -0.299 e. The van der Waals surface area contributed by atoms with Crippen LogP contribution in [0.15, 0.2) is 23.1 Å². The van der Waals surface area contributed by atoms with Gasteiger partial charge < -0.3 is 0 Å². The Balaban J connectivity index is 2.57. The lowest BCUT2D eigenvalue weighted by molar-refractivity contribution is -0.116. The van der Waals surface area contributed by atoms with Crippen LogP contribution in [0.2, 0.25) is 0 Å². The fraction of sp³-hybridized carbons (Fsp3) is 0.364. The first-order valence-corrected chi connectivity index (χ1v) is 5.71. The molecule has 1 aromatic carbocycles. The molecule has 0 aromatic heterocycles. The van der Waals surface area contributed by atoms with E-state index in [1.807, 2.05) is 6.92 Å². The third-order valence-electron chi connectivity index (χ3n) is 1.81. The minimum absolute atomic E-state index is 0.0613. The van der Waals surface area contributed by atoms with E-state index in [1.165, 1.54) is 0 Å². The van der Waals surface area contributed by atoms with Gasteiger partial charge in [0, 0.05) is 11.3 Å². The molecule has 0 radical (unpaired) electrons. The van der Waals surface area contributed by atoms with Crippen molar-refractivity contribution in [2.24, 2.45) is 0 Å². The molecule has 0 bridgehead atoms. The number of hydrogen-bond donors (Lipinski definition) is 0. The zero-order valence-corrected chi connectivity index (χ0v) is 9.24. The Kier molecular flexibility index (Phi) is 4.75. The molecule has 0 spiro atoms. The first-order valence-electron chi connectivity index (χ1n) is 4.73. The van der Waals surface area contributed by atoms with Crippen molar-refractivity contribution in [3.8, 4) is 0 Å². The molecule has 82 valence electrons. The van der Waals surface area contributed by atoms with Gasteiger partial charge in [-0.05, 0) is 24.6 Å². The van der Waals surface area contributed by atoms with Gasteiger partial charge in [-0.15, -0.1) is 11.8 Å². The quantitative estimate of drug-likeness (QED) is 0.721.